The van der Waals surface area contributed by atoms with Crippen LogP contribution in [0.2, 0.25) is 0 Å². The van der Waals surface area contributed by atoms with Crippen molar-refractivity contribution in [2.24, 2.45) is 0 Å². The Morgan fingerprint density at radius 1 is 1.45 bits per heavy atom. The molecule has 20 heavy (non-hydrogen) atoms. The molecule has 0 aliphatic carbocycles. The molecule has 0 spiro atoms. The van der Waals surface area contributed by atoms with E-state index in [-0.39, 0.29) is 23.5 Å². The van der Waals surface area contributed by atoms with Gasteiger partial charge in [-0.3, -0.25) is 4.79 Å². The number of carbonyl (C=O) groups excluding carboxylic acids is 2. The molecule has 3 heterocycles. The molecular weight excluding hydrogens is 256 g/mol. The normalized spacial score (nSPS) is 33.2. The van der Waals surface area contributed by atoms with Crippen molar-refractivity contribution in [1.29, 1.82) is 0 Å². The minimum absolute atomic E-state index is 0.0179. The maximum atomic E-state index is 12.9. The lowest BCUT2D eigenvalue weighted by atomic mass is 9.89. The molecule has 0 saturated carbocycles. The molecule has 0 aromatic heterocycles. The van der Waals surface area contributed by atoms with Crippen molar-refractivity contribution in [2.75, 3.05) is 32.7 Å². The summed E-state index contributed by atoms with van der Waals surface area (Å²) in [5, 5.41) is 6.31. The van der Waals surface area contributed by atoms with Crippen molar-refractivity contribution < 1.29 is 9.59 Å². The Morgan fingerprint density at radius 2 is 2.30 bits per heavy atom. The van der Waals surface area contributed by atoms with E-state index in [4.69, 9.17) is 0 Å². The Labute approximate surface area is 119 Å². The molecule has 2 unspecified atom stereocenters. The van der Waals surface area contributed by atoms with Crippen molar-refractivity contribution in [1.82, 2.24) is 20.4 Å². The summed E-state index contributed by atoms with van der Waals surface area (Å²) in [7, 11) is 0. The van der Waals surface area contributed by atoms with Crippen LogP contribution in [-0.2, 0) is 4.79 Å². The third kappa shape index (κ3) is 2.16. The molecule has 3 aliphatic rings. The van der Waals surface area contributed by atoms with Gasteiger partial charge in [0, 0.05) is 26.2 Å². The summed E-state index contributed by atoms with van der Waals surface area (Å²) in [6.45, 7) is 5.73. The van der Waals surface area contributed by atoms with Crippen LogP contribution in [0.3, 0.4) is 0 Å². The van der Waals surface area contributed by atoms with Crippen LogP contribution in [0.5, 0.6) is 0 Å². The maximum Gasteiger partial charge on any atom is 0.317 e. The number of nitrogens with zero attached hydrogens (tertiary/aromatic N) is 2. The van der Waals surface area contributed by atoms with E-state index in [1.165, 1.54) is 0 Å². The van der Waals surface area contributed by atoms with E-state index in [0.29, 0.717) is 26.2 Å². The van der Waals surface area contributed by atoms with Gasteiger partial charge in [0.25, 0.3) is 0 Å². The summed E-state index contributed by atoms with van der Waals surface area (Å²) < 4.78 is 0. The second-order valence-corrected chi connectivity index (χ2v) is 6.15. The second kappa shape index (κ2) is 5.24. The lowest BCUT2D eigenvalue weighted by molar-refractivity contribution is -0.140. The van der Waals surface area contributed by atoms with Gasteiger partial charge in [-0.25, -0.2) is 4.79 Å². The first-order valence-electron chi connectivity index (χ1n) is 7.75. The van der Waals surface area contributed by atoms with Gasteiger partial charge in [0.15, 0.2) is 0 Å². The van der Waals surface area contributed by atoms with Crippen LogP contribution < -0.4 is 10.6 Å². The van der Waals surface area contributed by atoms with Crippen LogP contribution >= 0.6 is 0 Å². The van der Waals surface area contributed by atoms with Gasteiger partial charge in [0.1, 0.15) is 0 Å². The number of urea groups is 1. The standard InChI is InChI=1S/C14H24N4O2/c1-2-4-14(5-3-6-16-14)12(19)17-7-8-18-11(10-17)9-15-13(18)20/h11,16H,2-10H2,1H3,(H,15,20). The molecule has 3 aliphatic heterocycles. The van der Waals surface area contributed by atoms with Crippen molar-refractivity contribution >= 4 is 11.9 Å². The molecule has 2 N–H and O–H groups in total. The quantitative estimate of drug-likeness (QED) is 0.773. The van der Waals surface area contributed by atoms with Gasteiger partial charge in [-0.1, -0.05) is 13.3 Å². The van der Waals surface area contributed by atoms with Crippen molar-refractivity contribution in [3.05, 3.63) is 0 Å². The highest BCUT2D eigenvalue weighted by atomic mass is 16.2. The van der Waals surface area contributed by atoms with Crippen LogP contribution in [0, 0.1) is 0 Å². The molecule has 3 saturated heterocycles. The number of amides is 3. The highest BCUT2D eigenvalue weighted by Gasteiger charge is 2.45. The molecule has 6 nitrogen and oxygen atoms in total. The summed E-state index contributed by atoms with van der Waals surface area (Å²) in [6.07, 6.45) is 3.95. The van der Waals surface area contributed by atoms with E-state index in [1.54, 1.807) is 0 Å². The Morgan fingerprint density at radius 3 is 3.00 bits per heavy atom. The van der Waals surface area contributed by atoms with E-state index < -0.39 is 0 Å². The Bertz CT molecular complexity index is 406. The van der Waals surface area contributed by atoms with Crippen LogP contribution in [0.4, 0.5) is 4.79 Å². The van der Waals surface area contributed by atoms with E-state index in [1.807, 2.05) is 9.80 Å². The number of carbonyl (C=O) groups is 2. The smallest absolute Gasteiger partial charge is 0.317 e. The maximum absolute atomic E-state index is 12.9. The fourth-order valence-electron chi connectivity index (χ4n) is 3.83. The Kier molecular flexibility index (Phi) is 3.58. The van der Waals surface area contributed by atoms with Crippen LogP contribution in [0.15, 0.2) is 0 Å². The summed E-state index contributed by atoms with van der Waals surface area (Å²) in [4.78, 5) is 28.4. The van der Waals surface area contributed by atoms with Crippen molar-refractivity contribution in [2.45, 2.75) is 44.2 Å². The Hall–Kier alpha value is -1.30. The first-order valence-corrected chi connectivity index (χ1v) is 7.75. The lowest BCUT2D eigenvalue weighted by Crippen LogP contribution is -2.61. The minimum atomic E-state index is -0.340. The number of rotatable bonds is 3. The molecule has 0 bridgehead atoms. The number of fused-ring (bicyclic) bond motifs is 1. The SMILES string of the molecule is CCCC1(C(=O)N2CCN3C(=O)NCC3C2)CCCN1. The molecule has 0 aromatic rings. The van der Waals surface area contributed by atoms with Crippen LogP contribution in [-0.4, -0.2) is 66.0 Å². The predicted molar refractivity (Wildman–Crippen MR) is 75.3 cm³/mol. The summed E-state index contributed by atoms with van der Waals surface area (Å²) in [5.41, 5.74) is -0.340. The number of piperazine rings is 1. The largest absolute Gasteiger partial charge is 0.337 e. The van der Waals surface area contributed by atoms with E-state index in [0.717, 1.165) is 32.2 Å². The van der Waals surface area contributed by atoms with Gasteiger partial charge in [-0.05, 0) is 25.8 Å². The molecule has 3 amide bonds. The number of hydrogen-bond donors (Lipinski definition) is 2. The Balaban J connectivity index is 1.69. The van der Waals surface area contributed by atoms with E-state index in [2.05, 4.69) is 17.6 Å². The van der Waals surface area contributed by atoms with Gasteiger partial charge >= 0.3 is 6.03 Å². The monoisotopic (exact) mass is 280 g/mol. The summed E-state index contributed by atoms with van der Waals surface area (Å²) in [5.74, 6) is 0.246. The van der Waals surface area contributed by atoms with Gasteiger partial charge in [0.05, 0.1) is 11.6 Å². The van der Waals surface area contributed by atoms with Crippen molar-refractivity contribution in [3.8, 4) is 0 Å². The van der Waals surface area contributed by atoms with E-state index in [9.17, 15) is 9.59 Å². The zero-order valence-electron chi connectivity index (χ0n) is 12.2. The van der Waals surface area contributed by atoms with Crippen molar-refractivity contribution in [3.63, 3.8) is 0 Å². The summed E-state index contributed by atoms with van der Waals surface area (Å²) in [6, 6.07) is 0.171. The summed E-state index contributed by atoms with van der Waals surface area (Å²) >= 11 is 0. The molecule has 112 valence electrons. The topological polar surface area (TPSA) is 64.7 Å². The fraction of sp³-hybridized carbons (Fsp3) is 0.857. The fourth-order valence-corrected chi connectivity index (χ4v) is 3.83. The third-order valence-electron chi connectivity index (χ3n) is 4.85. The predicted octanol–water partition coefficient (Wildman–Crippen LogP) is 0.145. The molecule has 2 atom stereocenters. The molecular formula is C14H24N4O2. The number of hydrogen-bond acceptors (Lipinski definition) is 3. The second-order valence-electron chi connectivity index (χ2n) is 6.15. The average molecular weight is 280 g/mol. The molecule has 6 heteroatoms. The van der Waals surface area contributed by atoms with E-state index >= 15 is 0 Å². The molecule has 0 aromatic carbocycles. The molecule has 3 fully saturated rings. The first kappa shape index (κ1) is 13.7. The third-order valence-corrected chi connectivity index (χ3v) is 4.85. The van der Waals surface area contributed by atoms with Gasteiger partial charge in [-0.15, -0.1) is 0 Å². The zero-order valence-corrected chi connectivity index (χ0v) is 12.2. The molecule has 3 rings (SSSR count). The van der Waals surface area contributed by atoms with Gasteiger partial charge in [-0.2, -0.15) is 0 Å². The molecule has 0 radical (unpaired) electrons. The van der Waals surface area contributed by atoms with Gasteiger partial charge < -0.3 is 20.4 Å². The zero-order chi connectivity index (χ0) is 14.2. The first-order chi connectivity index (χ1) is 9.66. The highest BCUT2D eigenvalue weighted by Crippen LogP contribution is 2.28. The average Bonchev–Trinajstić information content (AvgIpc) is 3.07. The van der Waals surface area contributed by atoms with Crippen LogP contribution in [0.25, 0.3) is 0 Å². The van der Waals surface area contributed by atoms with Gasteiger partial charge in [0.2, 0.25) is 5.91 Å². The minimum Gasteiger partial charge on any atom is -0.337 e. The number of nitrogens with one attached hydrogen (secondary N) is 2. The van der Waals surface area contributed by atoms with Crippen LogP contribution in [0.1, 0.15) is 32.6 Å². The highest BCUT2D eigenvalue weighted by molar-refractivity contribution is 5.87. The lowest BCUT2D eigenvalue weighted by Gasteiger charge is -2.41.